The van der Waals surface area contributed by atoms with Gasteiger partial charge in [0.15, 0.2) is 0 Å². The summed E-state index contributed by atoms with van der Waals surface area (Å²) in [4.78, 5) is 11.6. The fraction of sp³-hybridized carbons (Fsp3) is 0.231. The zero-order chi connectivity index (χ0) is 13.7. The van der Waals surface area contributed by atoms with Crippen LogP contribution in [-0.2, 0) is 4.79 Å². The van der Waals surface area contributed by atoms with E-state index in [4.69, 9.17) is 5.73 Å². The van der Waals surface area contributed by atoms with Crippen molar-refractivity contribution >= 4 is 27.5 Å². The van der Waals surface area contributed by atoms with E-state index in [0.717, 1.165) is 32.8 Å². The molecule has 0 spiro atoms. The molecule has 3 N–H and O–H groups in total. The van der Waals surface area contributed by atoms with Crippen LogP contribution < -0.4 is 11.1 Å². The van der Waals surface area contributed by atoms with E-state index in [9.17, 15) is 4.79 Å². The number of nitrogens with two attached hydrogens (primary N) is 1. The van der Waals surface area contributed by atoms with Gasteiger partial charge in [0.05, 0.1) is 11.4 Å². The van der Waals surface area contributed by atoms with Gasteiger partial charge in [-0.2, -0.15) is 5.10 Å². The number of carbonyl (C=O) groups is 1. The van der Waals surface area contributed by atoms with E-state index in [1.807, 2.05) is 36.7 Å². The molecule has 1 aliphatic heterocycles. The lowest BCUT2D eigenvalue weighted by Gasteiger charge is -2.10. The first-order chi connectivity index (χ1) is 8.97. The van der Waals surface area contributed by atoms with E-state index in [-0.39, 0.29) is 5.91 Å². The molecule has 1 unspecified atom stereocenters. The van der Waals surface area contributed by atoms with E-state index in [1.165, 1.54) is 0 Å². The Morgan fingerprint density at radius 3 is 2.74 bits per heavy atom. The molecular weight excluding hydrogens is 308 g/mol. The molecule has 1 aliphatic rings. The smallest absolute Gasteiger partial charge is 0.245 e. The van der Waals surface area contributed by atoms with Crippen molar-refractivity contribution in [3.63, 3.8) is 0 Å². The van der Waals surface area contributed by atoms with Gasteiger partial charge in [-0.3, -0.25) is 4.79 Å². The number of amides is 1. The molecule has 1 aromatic heterocycles. The Bertz CT molecular complexity index is 692. The molecule has 2 aromatic rings. The second-order valence-corrected chi connectivity index (χ2v) is 5.55. The predicted molar refractivity (Wildman–Crippen MR) is 76.3 cm³/mol. The number of benzene rings is 1. The zero-order valence-corrected chi connectivity index (χ0v) is 12.2. The summed E-state index contributed by atoms with van der Waals surface area (Å²) in [6.45, 7) is 3.94. The number of aryl methyl sites for hydroxylation is 2. The van der Waals surface area contributed by atoms with Gasteiger partial charge in [0.25, 0.3) is 0 Å². The molecule has 0 saturated heterocycles. The van der Waals surface area contributed by atoms with Crippen molar-refractivity contribution in [1.29, 1.82) is 0 Å². The van der Waals surface area contributed by atoms with E-state index >= 15 is 0 Å². The predicted octanol–water partition coefficient (Wildman–Crippen LogP) is 2.20. The second kappa shape index (κ2) is 4.18. The Hall–Kier alpha value is -1.66. The molecule has 3 rings (SSSR count). The molecule has 2 heterocycles. The molecule has 0 aliphatic carbocycles. The molecule has 0 saturated carbocycles. The Kier molecular flexibility index (Phi) is 2.72. The highest BCUT2D eigenvalue weighted by Gasteiger charge is 2.28. The highest BCUT2D eigenvalue weighted by molar-refractivity contribution is 9.10. The molecule has 1 atom stereocenters. The minimum Gasteiger partial charge on any atom is -0.324 e. The quantitative estimate of drug-likeness (QED) is 0.846. The number of nitrogens with one attached hydrogen (secondary N) is 1. The lowest BCUT2D eigenvalue weighted by molar-refractivity contribution is -0.116. The third-order valence-electron chi connectivity index (χ3n) is 3.23. The van der Waals surface area contributed by atoms with Crippen LogP contribution in [-0.4, -0.2) is 15.7 Å². The summed E-state index contributed by atoms with van der Waals surface area (Å²) in [6, 6.07) is 5.18. The number of hydrogen-bond donors (Lipinski definition) is 2. The van der Waals surface area contributed by atoms with Crippen LogP contribution >= 0.6 is 15.9 Å². The fourth-order valence-corrected chi connectivity index (χ4v) is 2.86. The van der Waals surface area contributed by atoms with Gasteiger partial charge >= 0.3 is 0 Å². The minimum atomic E-state index is -0.596. The maximum absolute atomic E-state index is 11.6. The van der Waals surface area contributed by atoms with E-state index in [0.29, 0.717) is 0 Å². The van der Waals surface area contributed by atoms with Crippen molar-refractivity contribution in [2.24, 2.45) is 5.73 Å². The van der Waals surface area contributed by atoms with Crippen LogP contribution in [0.2, 0.25) is 0 Å². The maximum Gasteiger partial charge on any atom is 0.245 e. The summed E-state index contributed by atoms with van der Waals surface area (Å²) in [6.07, 6.45) is 0. The average molecular weight is 321 g/mol. The third-order valence-corrected chi connectivity index (χ3v) is 3.87. The standard InChI is InChI=1S/C13H13BrN4O/c1-6-3-7(2)18(17-6)11-5-10-8(4-9(11)14)12(15)13(19)16-10/h3-5,12H,15H2,1-2H3,(H,16,19). The normalized spacial score (nSPS) is 17.5. The lowest BCUT2D eigenvalue weighted by atomic mass is 10.1. The summed E-state index contributed by atoms with van der Waals surface area (Å²) in [5.41, 5.74) is 10.3. The number of hydrogen-bond acceptors (Lipinski definition) is 3. The van der Waals surface area contributed by atoms with Crippen LogP contribution in [0.1, 0.15) is 23.0 Å². The SMILES string of the molecule is Cc1cc(C)n(-c2cc3c(cc2Br)C(N)C(=O)N3)n1. The van der Waals surface area contributed by atoms with Gasteiger partial charge in [-0.25, -0.2) is 4.68 Å². The Labute approximate surface area is 118 Å². The van der Waals surface area contributed by atoms with Gasteiger partial charge in [0, 0.05) is 21.4 Å². The van der Waals surface area contributed by atoms with Crippen molar-refractivity contribution in [3.05, 3.63) is 39.6 Å². The number of fused-ring (bicyclic) bond motifs is 1. The van der Waals surface area contributed by atoms with Crippen molar-refractivity contribution in [2.75, 3.05) is 5.32 Å². The monoisotopic (exact) mass is 320 g/mol. The summed E-state index contributed by atoms with van der Waals surface area (Å²) in [5, 5.41) is 7.23. The highest BCUT2D eigenvalue weighted by Crippen LogP contribution is 2.35. The topological polar surface area (TPSA) is 72.9 Å². The van der Waals surface area contributed by atoms with Gasteiger partial charge in [-0.15, -0.1) is 0 Å². The van der Waals surface area contributed by atoms with Gasteiger partial charge < -0.3 is 11.1 Å². The van der Waals surface area contributed by atoms with Gasteiger partial charge in [0.1, 0.15) is 6.04 Å². The van der Waals surface area contributed by atoms with E-state index in [2.05, 4.69) is 26.3 Å². The second-order valence-electron chi connectivity index (χ2n) is 4.70. The molecule has 6 heteroatoms. The molecule has 98 valence electrons. The van der Waals surface area contributed by atoms with Gasteiger partial charge in [0.2, 0.25) is 5.91 Å². The molecular formula is C13H13BrN4O. The van der Waals surface area contributed by atoms with Crippen molar-refractivity contribution in [3.8, 4) is 5.69 Å². The van der Waals surface area contributed by atoms with Crippen LogP contribution in [0.25, 0.3) is 5.69 Å². The van der Waals surface area contributed by atoms with Crippen molar-refractivity contribution < 1.29 is 4.79 Å². The molecule has 19 heavy (non-hydrogen) atoms. The summed E-state index contributed by atoms with van der Waals surface area (Å²) >= 11 is 3.52. The molecule has 0 bridgehead atoms. The van der Waals surface area contributed by atoms with E-state index < -0.39 is 6.04 Å². The number of rotatable bonds is 1. The van der Waals surface area contributed by atoms with Crippen LogP contribution in [0.4, 0.5) is 5.69 Å². The number of aromatic nitrogens is 2. The zero-order valence-electron chi connectivity index (χ0n) is 10.6. The highest BCUT2D eigenvalue weighted by atomic mass is 79.9. The molecule has 1 amide bonds. The third kappa shape index (κ3) is 1.87. The fourth-order valence-electron chi connectivity index (χ4n) is 2.33. The van der Waals surface area contributed by atoms with Crippen molar-refractivity contribution in [1.82, 2.24) is 9.78 Å². The Morgan fingerprint density at radius 1 is 1.37 bits per heavy atom. The first kappa shape index (κ1) is 12.4. The molecule has 5 nitrogen and oxygen atoms in total. The Morgan fingerprint density at radius 2 is 2.11 bits per heavy atom. The number of anilines is 1. The molecule has 1 aromatic carbocycles. The number of nitrogens with zero attached hydrogens (tertiary/aromatic N) is 2. The van der Waals surface area contributed by atoms with E-state index in [1.54, 1.807) is 0 Å². The van der Waals surface area contributed by atoms with Crippen molar-refractivity contribution in [2.45, 2.75) is 19.9 Å². The largest absolute Gasteiger partial charge is 0.324 e. The first-order valence-electron chi connectivity index (χ1n) is 5.91. The number of halogens is 1. The minimum absolute atomic E-state index is 0.174. The Balaban J connectivity index is 2.18. The summed E-state index contributed by atoms with van der Waals surface area (Å²) in [5.74, 6) is -0.174. The van der Waals surface area contributed by atoms with Crippen LogP contribution in [0, 0.1) is 13.8 Å². The lowest BCUT2D eigenvalue weighted by Crippen LogP contribution is -2.19. The summed E-state index contributed by atoms with van der Waals surface area (Å²) in [7, 11) is 0. The number of carbonyl (C=O) groups excluding carboxylic acids is 1. The molecule has 0 fully saturated rings. The maximum atomic E-state index is 11.6. The van der Waals surface area contributed by atoms with Crippen LogP contribution in [0.15, 0.2) is 22.7 Å². The summed E-state index contributed by atoms with van der Waals surface area (Å²) < 4.78 is 2.71. The first-order valence-corrected chi connectivity index (χ1v) is 6.70. The van der Waals surface area contributed by atoms with Gasteiger partial charge in [-0.05, 0) is 48.0 Å². The van der Waals surface area contributed by atoms with Gasteiger partial charge in [-0.1, -0.05) is 0 Å². The van der Waals surface area contributed by atoms with Crippen LogP contribution in [0.5, 0.6) is 0 Å². The average Bonchev–Trinajstić information content (AvgIpc) is 2.81. The van der Waals surface area contributed by atoms with Crippen LogP contribution in [0.3, 0.4) is 0 Å². The molecule has 0 radical (unpaired) electrons.